The highest BCUT2D eigenvalue weighted by Crippen LogP contribution is 2.29. The molecule has 0 atom stereocenters. The minimum atomic E-state index is -4.94. The number of hydrogen-bond donors (Lipinski definition) is 0. The molecule has 6 aromatic rings. The van der Waals surface area contributed by atoms with Crippen molar-refractivity contribution in [2.45, 2.75) is 0 Å². The number of halogens is 2. The maximum Gasteiger partial charge on any atom is 0.269 e. The third-order valence-electron chi connectivity index (χ3n) is 8.23. The van der Waals surface area contributed by atoms with Crippen LogP contribution in [0, 0.1) is 20.5 Å². The highest BCUT2D eigenvalue weighted by atomic mass is 35.7. The number of azo groups is 4. The standard InChI is InChI=1S/C40H32N8.2ClHO4/c1-5-13-33(14-6-1)39-41-45(35-17-9-3-10-18-35)29-47(43-39)37-25-21-31(22-26-37)32-23-27-38(28-24-32)48-30-46(36-19-11-4-12-20-36)42-40(44-48)34-15-7-2-8-16-34;2*2-1(3,4)5/h1-28H,29-30H2;2*(H,2,3,4,5)/q+2;;/p-2. The van der Waals surface area contributed by atoms with Crippen molar-refractivity contribution in [1.29, 1.82) is 0 Å². The molecule has 0 radical (unpaired) electrons. The molecule has 2 aliphatic heterocycles. The molecule has 6 aromatic carbocycles. The van der Waals surface area contributed by atoms with Gasteiger partial charge in [0.1, 0.15) is 0 Å². The van der Waals surface area contributed by atoms with Crippen molar-refractivity contribution in [2.75, 3.05) is 23.4 Å². The van der Waals surface area contributed by atoms with Crippen molar-refractivity contribution in [3.63, 3.8) is 0 Å². The Hall–Kier alpha value is -6.28. The number of hydrazone groups is 2. The van der Waals surface area contributed by atoms with Gasteiger partial charge in [0.2, 0.25) is 23.0 Å². The Balaban J connectivity index is 0.000000509. The van der Waals surface area contributed by atoms with Gasteiger partial charge >= 0.3 is 0 Å². The highest BCUT2D eigenvalue weighted by Gasteiger charge is 2.27. The number of hydrogen-bond acceptors (Lipinski definition) is 14. The first-order valence-electron chi connectivity index (χ1n) is 17.1. The number of rotatable bonds is 7. The van der Waals surface area contributed by atoms with Crippen molar-refractivity contribution in [3.8, 4) is 11.1 Å². The van der Waals surface area contributed by atoms with Gasteiger partial charge in [0.15, 0.2) is 0 Å². The van der Waals surface area contributed by atoms with Crippen molar-refractivity contribution < 1.29 is 67.2 Å². The molecule has 0 aliphatic carbocycles. The maximum atomic E-state index is 8.49. The number of anilines is 2. The largest absolute Gasteiger partial charge is 0.269 e. The molecule has 0 bridgehead atoms. The summed E-state index contributed by atoms with van der Waals surface area (Å²) in [6.07, 6.45) is 0. The number of nitrogens with zero attached hydrogens (tertiary/aromatic N) is 8. The van der Waals surface area contributed by atoms with E-state index in [2.05, 4.69) is 72.8 Å². The van der Waals surface area contributed by atoms with Crippen LogP contribution in [0.1, 0.15) is 11.1 Å². The summed E-state index contributed by atoms with van der Waals surface area (Å²) in [6, 6.07) is 57.6. The van der Waals surface area contributed by atoms with Gasteiger partial charge in [-0.25, -0.2) is 47.3 Å². The van der Waals surface area contributed by atoms with Crippen LogP contribution in [-0.4, -0.2) is 34.4 Å². The van der Waals surface area contributed by atoms with Gasteiger partial charge in [-0.15, -0.1) is 30.7 Å². The average molecular weight is 824 g/mol. The van der Waals surface area contributed by atoms with E-state index in [0.717, 1.165) is 45.0 Å². The Morgan fingerprint density at radius 3 is 0.931 bits per heavy atom. The lowest BCUT2D eigenvalue weighted by atomic mass is 10.0. The summed E-state index contributed by atoms with van der Waals surface area (Å²) in [6.45, 7) is 1.00. The second kappa shape index (κ2) is 18.8. The van der Waals surface area contributed by atoms with Crippen LogP contribution in [0.25, 0.3) is 11.1 Å². The Labute approximate surface area is 336 Å². The quantitative estimate of drug-likeness (QED) is 0.191. The van der Waals surface area contributed by atoms with Crippen LogP contribution in [-0.2, 0) is 0 Å². The predicted molar refractivity (Wildman–Crippen MR) is 190 cm³/mol. The molecule has 0 unspecified atom stereocenters. The van der Waals surface area contributed by atoms with E-state index in [-0.39, 0.29) is 0 Å². The molecular formula is C40H32Cl2N8O8. The van der Waals surface area contributed by atoms with Crippen LogP contribution in [0.3, 0.4) is 0 Å². The van der Waals surface area contributed by atoms with Crippen LogP contribution in [0.4, 0.5) is 22.7 Å². The first kappa shape index (κ1) is 41.4. The number of para-hydroxylation sites is 2. The fourth-order valence-corrected chi connectivity index (χ4v) is 5.69. The first-order chi connectivity index (χ1) is 27.8. The fraction of sp³-hybridized carbons (Fsp3) is 0.0500. The molecule has 0 saturated carbocycles. The topological polar surface area (TPSA) is 246 Å². The molecule has 0 amide bonds. The molecule has 18 heteroatoms. The molecule has 0 fully saturated rings. The highest BCUT2D eigenvalue weighted by molar-refractivity contribution is 6.00. The van der Waals surface area contributed by atoms with Crippen molar-refractivity contribution >= 4 is 34.4 Å². The summed E-state index contributed by atoms with van der Waals surface area (Å²) >= 11 is 0. The molecule has 0 spiro atoms. The number of benzene rings is 6. The lowest BCUT2D eigenvalue weighted by Crippen LogP contribution is -2.68. The summed E-state index contributed by atoms with van der Waals surface area (Å²) in [5.41, 5.74) is 8.16. The summed E-state index contributed by atoms with van der Waals surface area (Å²) in [4.78, 5) is 0. The van der Waals surface area contributed by atoms with Crippen molar-refractivity contribution in [2.24, 2.45) is 20.4 Å². The molecule has 2 aliphatic rings. The lowest BCUT2D eigenvalue weighted by molar-refractivity contribution is -2.00. The van der Waals surface area contributed by atoms with Crippen LogP contribution < -0.4 is 47.3 Å². The molecule has 0 aromatic heterocycles. The molecule has 0 N–H and O–H groups in total. The van der Waals surface area contributed by atoms with Gasteiger partial charge < -0.3 is 0 Å². The molecule has 16 nitrogen and oxygen atoms in total. The van der Waals surface area contributed by atoms with Gasteiger partial charge in [-0.2, -0.15) is 0 Å². The van der Waals surface area contributed by atoms with Gasteiger partial charge in [0.05, 0.1) is 11.4 Å². The predicted octanol–water partition coefficient (Wildman–Crippen LogP) is -0.287. The Morgan fingerprint density at radius 2 is 0.638 bits per heavy atom. The van der Waals surface area contributed by atoms with Gasteiger partial charge in [-0.3, -0.25) is 0 Å². The van der Waals surface area contributed by atoms with E-state index in [1.54, 1.807) is 0 Å². The normalized spacial score (nSPS) is 14.1. The van der Waals surface area contributed by atoms with Crippen LogP contribution in [0.2, 0.25) is 0 Å². The molecule has 2 heterocycles. The Bertz CT molecular complexity index is 2200. The van der Waals surface area contributed by atoms with Crippen molar-refractivity contribution in [3.05, 3.63) is 181 Å². The van der Waals surface area contributed by atoms with Gasteiger partial charge in [-0.05, 0) is 59.7 Å². The number of amidine groups is 2. The van der Waals surface area contributed by atoms with E-state index in [1.165, 1.54) is 0 Å². The second-order valence-electron chi connectivity index (χ2n) is 12.2. The van der Waals surface area contributed by atoms with Crippen LogP contribution >= 0.6 is 0 Å². The van der Waals surface area contributed by atoms with E-state index in [0.29, 0.717) is 25.0 Å². The monoisotopic (exact) mass is 822 g/mol. The SMILES string of the molecule is [O-][Cl+3]([O-])([O-])[O-].[O-][Cl+3]([O-])([O-])[O-].c1ccc(C2=NN(c3ccccc3)C[N+](c3ccc(-c4ccc([N+]5=NC(c6ccccc6)=NN(c6ccccc6)C5)cc4)cc3)=N2)cc1. The van der Waals surface area contributed by atoms with Gasteiger partial charge in [0.25, 0.3) is 13.3 Å². The zero-order valence-corrected chi connectivity index (χ0v) is 31.7. The molecule has 0 saturated heterocycles. The van der Waals surface area contributed by atoms with E-state index >= 15 is 0 Å². The summed E-state index contributed by atoms with van der Waals surface area (Å²) in [5, 5.41) is 23.6. The zero-order valence-electron chi connectivity index (χ0n) is 30.2. The second-order valence-corrected chi connectivity index (χ2v) is 13.7. The van der Waals surface area contributed by atoms with E-state index in [9.17, 15) is 0 Å². The van der Waals surface area contributed by atoms with Crippen molar-refractivity contribution in [1.82, 2.24) is 0 Å². The minimum absolute atomic E-state index is 0.502. The van der Waals surface area contributed by atoms with Crippen LogP contribution in [0.5, 0.6) is 0 Å². The van der Waals surface area contributed by atoms with E-state index < -0.39 is 20.5 Å². The van der Waals surface area contributed by atoms with Gasteiger partial charge in [-0.1, -0.05) is 106 Å². The molecule has 58 heavy (non-hydrogen) atoms. The zero-order chi connectivity index (χ0) is 41.1. The molecule has 294 valence electrons. The molecular weight excluding hydrogens is 791 g/mol. The van der Waals surface area contributed by atoms with E-state index in [1.807, 2.05) is 116 Å². The summed E-state index contributed by atoms with van der Waals surface area (Å²) < 4.78 is 71.9. The fourth-order valence-electron chi connectivity index (χ4n) is 5.69. The third-order valence-corrected chi connectivity index (χ3v) is 8.23. The Morgan fingerprint density at radius 1 is 0.362 bits per heavy atom. The summed E-state index contributed by atoms with van der Waals surface area (Å²) in [5.74, 6) is 1.33. The maximum absolute atomic E-state index is 8.49. The van der Waals surface area contributed by atoms with E-state index in [4.69, 9.17) is 57.7 Å². The Kier molecular flexibility index (Phi) is 13.4. The lowest BCUT2D eigenvalue weighted by Gasteiger charge is -2.20. The third kappa shape index (κ3) is 12.4. The molecule has 8 rings (SSSR count). The smallest absolute Gasteiger partial charge is 0.222 e. The minimum Gasteiger partial charge on any atom is -0.222 e. The van der Waals surface area contributed by atoms with Crippen LogP contribution in [0.15, 0.2) is 190 Å². The summed E-state index contributed by atoms with van der Waals surface area (Å²) in [7, 11) is -9.89. The first-order valence-corrected chi connectivity index (χ1v) is 19.6. The average Bonchev–Trinajstić information content (AvgIpc) is 3.23. The van der Waals surface area contributed by atoms with Gasteiger partial charge in [0, 0.05) is 45.6 Å².